The van der Waals surface area contributed by atoms with Gasteiger partial charge in [-0.2, -0.15) is 0 Å². The molecule has 0 bridgehead atoms. The zero-order valence-electron chi connectivity index (χ0n) is 11.2. The summed E-state index contributed by atoms with van der Waals surface area (Å²) in [4.78, 5) is 2.44. The van der Waals surface area contributed by atoms with Crippen LogP contribution in [0.25, 0.3) is 0 Å². The van der Waals surface area contributed by atoms with Gasteiger partial charge in [-0.15, -0.1) is 0 Å². The zero-order valence-corrected chi connectivity index (χ0v) is 12.8. The second kappa shape index (κ2) is 5.19. The Balaban J connectivity index is 2.06. The molecule has 0 saturated carbocycles. The number of ether oxygens (including phenoxy) is 1. The van der Waals surface area contributed by atoms with Crippen molar-refractivity contribution in [3.05, 3.63) is 28.2 Å². The van der Waals surface area contributed by atoms with E-state index in [9.17, 15) is 0 Å². The van der Waals surface area contributed by atoms with E-state index in [4.69, 9.17) is 10.5 Å². The number of anilines is 1. The number of morpholine rings is 1. The van der Waals surface area contributed by atoms with Crippen LogP contribution in [0.5, 0.6) is 0 Å². The minimum atomic E-state index is -0.0668. The summed E-state index contributed by atoms with van der Waals surface area (Å²) in [5.74, 6) is 0. The van der Waals surface area contributed by atoms with Crippen molar-refractivity contribution in [1.29, 1.82) is 0 Å². The Morgan fingerprint density at radius 3 is 2.83 bits per heavy atom. The summed E-state index contributed by atoms with van der Waals surface area (Å²) in [6.07, 6.45) is 0.283. The molecule has 18 heavy (non-hydrogen) atoms. The number of benzene rings is 1. The summed E-state index contributed by atoms with van der Waals surface area (Å²) in [6.45, 7) is 9.30. The zero-order chi connectivity index (χ0) is 13.3. The number of halogens is 1. The monoisotopic (exact) mass is 312 g/mol. The summed E-state index contributed by atoms with van der Waals surface area (Å²) in [7, 11) is 0. The Kier molecular flexibility index (Phi) is 3.99. The van der Waals surface area contributed by atoms with Crippen molar-refractivity contribution in [2.45, 2.75) is 39.0 Å². The highest BCUT2D eigenvalue weighted by Gasteiger charge is 2.31. The van der Waals surface area contributed by atoms with E-state index in [1.165, 1.54) is 5.56 Å². The van der Waals surface area contributed by atoms with E-state index in [-0.39, 0.29) is 11.7 Å². The molecule has 1 aliphatic rings. The maximum absolute atomic E-state index is 5.91. The standard InChI is InChI=1S/C14H21BrN2O/c1-10-7-17(9-14(2,3)18-10)8-11-4-5-13(16)12(15)6-11/h4-6,10H,7-9,16H2,1-3H3. The number of rotatable bonds is 2. The second-order valence-corrected chi connectivity index (χ2v) is 6.57. The number of hydrogen-bond acceptors (Lipinski definition) is 3. The fourth-order valence-electron chi connectivity index (χ4n) is 2.63. The van der Waals surface area contributed by atoms with Crippen LogP contribution in [0.1, 0.15) is 26.3 Å². The highest BCUT2D eigenvalue weighted by atomic mass is 79.9. The summed E-state index contributed by atoms with van der Waals surface area (Å²) < 4.78 is 6.89. The Morgan fingerprint density at radius 2 is 2.22 bits per heavy atom. The molecule has 0 spiro atoms. The van der Waals surface area contributed by atoms with Crippen LogP contribution in [0.2, 0.25) is 0 Å². The molecule has 0 radical (unpaired) electrons. The Bertz CT molecular complexity index is 434. The first-order valence-corrected chi connectivity index (χ1v) is 7.09. The lowest BCUT2D eigenvalue weighted by Crippen LogP contribution is -2.51. The van der Waals surface area contributed by atoms with Gasteiger partial charge in [0.05, 0.1) is 11.7 Å². The van der Waals surface area contributed by atoms with E-state index in [1.807, 2.05) is 6.07 Å². The van der Waals surface area contributed by atoms with E-state index < -0.39 is 0 Å². The topological polar surface area (TPSA) is 38.5 Å². The molecule has 1 atom stereocenters. The van der Waals surface area contributed by atoms with Crippen LogP contribution in [-0.4, -0.2) is 29.7 Å². The van der Waals surface area contributed by atoms with Crippen molar-refractivity contribution in [1.82, 2.24) is 4.90 Å². The maximum atomic E-state index is 5.91. The summed E-state index contributed by atoms with van der Waals surface area (Å²) in [5.41, 5.74) is 7.80. The fraction of sp³-hybridized carbons (Fsp3) is 0.571. The first-order chi connectivity index (χ1) is 8.35. The molecule has 4 heteroatoms. The number of nitrogens with zero attached hydrogens (tertiary/aromatic N) is 1. The molecular weight excluding hydrogens is 292 g/mol. The first-order valence-electron chi connectivity index (χ1n) is 6.30. The molecule has 3 nitrogen and oxygen atoms in total. The third-order valence-electron chi connectivity index (χ3n) is 3.11. The second-order valence-electron chi connectivity index (χ2n) is 5.71. The van der Waals surface area contributed by atoms with Gasteiger partial charge in [-0.05, 0) is 54.4 Å². The van der Waals surface area contributed by atoms with Gasteiger partial charge in [-0.3, -0.25) is 4.90 Å². The fourth-order valence-corrected chi connectivity index (χ4v) is 3.06. The van der Waals surface area contributed by atoms with Gasteiger partial charge in [0, 0.05) is 29.8 Å². The minimum absolute atomic E-state index is 0.0668. The molecule has 1 aromatic carbocycles. The molecule has 2 N–H and O–H groups in total. The van der Waals surface area contributed by atoms with E-state index in [0.717, 1.165) is 29.8 Å². The Morgan fingerprint density at radius 1 is 1.50 bits per heavy atom. The van der Waals surface area contributed by atoms with Crippen molar-refractivity contribution in [2.24, 2.45) is 0 Å². The van der Waals surface area contributed by atoms with Gasteiger partial charge >= 0.3 is 0 Å². The van der Waals surface area contributed by atoms with Crippen molar-refractivity contribution in [3.8, 4) is 0 Å². The third kappa shape index (κ3) is 3.46. The first kappa shape index (κ1) is 13.8. The van der Waals surface area contributed by atoms with E-state index >= 15 is 0 Å². The largest absolute Gasteiger partial charge is 0.398 e. The smallest absolute Gasteiger partial charge is 0.0757 e. The predicted molar refractivity (Wildman–Crippen MR) is 78.5 cm³/mol. The van der Waals surface area contributed by atoms with Crippen molar-refractivity contribution in [2.75, 3.05) is 18.8 Å². The minimum Gasteiger partial charge on any atom is -0.398 e. The molecular formula is C14H21BrN2O. The van der Waals surface area contributed by atoms with Gasteiger partial charge in [0.25, 0.3) is 0 Å². The molecule has 1 aliphatic heterocycles. The SMILES string of the molecule is CC1CN(Cc2ccc(N)c(Br)c2)CC(C)(C)O1. The van der Waals surface area contributed by atoms with Gasteiger partial charge < -0.3 is 10.5 Å². The molecule has 1 fully saturated rings. The molecule has 0 aromatic heterocycles. The van der Waals surface area contributed by atoms with Gasteiger partial charge in [-0.1, -0.05) is 6.07 Å². The average Bonchev–Trinajstić information content (AvgIpc) is 2.20. The summed E-state index contributed by atoms with van der Waals surface area (Å²) in [6, 6.07) is 6.14. The number of nitrogens with two attached hydrogens (primary N) is 1. The van der Waals surface area contributed by atoms with E-state index in [1.54, 1.807) is 0 Å². The summed E-state index contributed by atoms with van der Waals surface area (Å²) >= 11 is 3.48. The molecule has 1 aromatic rings. The Labute approximate surface area is 117 Å². The average molecular weight is 313 g/mol. The molecule has 0 aliphatic carbocycles. The van der Waals surface area contributed by atoms with Gasteiger partial charge in [0.1, 0.15) is 0 Å². The van der Waals surface area contributed by atoms with Crippen molar-refractivity contribution < 1.29 is 4.74 Å². The molecule has 1 heterocycles. The van der Waals surface area contributed by atoms with Gasteiger partial charge in [0.15, 0.2) is 0 Å². The molecule has 1 unspecified atom stereocenters. The predicted octanol–water partition coefficient (Wildman–Crippen LogP) is 3.03. The lowest BCUT2D eigenvalue weighted by Gasteiger charge is -2.41. The van der Waals surface area contributed by atoms with E-state index in [0.29, 0.717) is 0 Å². The molecule has 0 amide bonds. The van der Waals surface area contributed by atoms with Crippen molar-refractivity contribution in [3.63, 3.8) is 0 Å². The highest BCUT2D eigenvalue weighted by Crippen LogP contribution is 2.25. The van der Waals surface area contributed by atoms with Crippen LogP contribution in [0.3, 0.4) is 0 Å². The number of hydrogen-bond donors (Lipinski definition) is 1. The molecule has 100 valence electrons. The Hall–Kier alpha value is -0.580. The van der Waals surface area contributed by atoms with Crippen LogP contribution >= 0.6 is 15.9 Å². The van der Waals surface area contributed by atoms with Gasteiger partial charge in [-0.25, -0.2) is 0 Å². The number of nitrogen functional groups attached to an aromatic ring is 1. The lowest BCUT2D eigenvalue weighted by atomic mass is 10.0. The van der Waals surface area contributed by atoms with Crippen LogP contribution in [0.15, 0.2) is 22.7 Å². The quantitative estimate of drug-likeness (QED) is 0.853. The van der Waals surface area contributed by atoms with Crippen molar-refractivity contribution >= 4 is 21.6 Å². The summed E-state index contributed by atoms with van der Waals surface area (Å²) in [5, 5.41) is 0. The molecule has 2 rings (SSSR count). The van der Waals surface area contributed by atoms with Crippen LogP contribution in [-0.2, 0) is 11.3 Å². The lowest BCUT2D eigenvalue weighted by molar-refractivity contribution is -0.130. The highest BCUT2D eigenvalue weighted by molar-refractivity contribution is 9.10. The maximum Gasteiger partial charge on any atom is 0.0757 e. The third-order valence-corrected chi connectivity index (χ3v) is 3.80. The van der Waals surface area contributed by atoms with Crippen LogP contribution in [0, 0.1) is 0 Å². The van der Waals surface area contributed by atoms with Gasteiger partial charge in [0.2, 0.25) is 0 Å². The van der Waals surface area contributed by atoms with E-state index in [2.05, 4.69) is 53.7 Å². The van der Waals surface area contributed by atoms with Crippen LogP contribution < -0.4 is 5.73 Å². The van der Waals surface area contributed by atoms with Crippen LogP contribution in [0.4, 0.5) is 5.69 Å². The normalized spacial score (nSPS) is 24.1. The molecule has 1 saturated heterocycles.